The lowest BCUT2D eigenvalue weighted by molar-refractivity contribution is -0.0370. The van der Waals surface area contributed by atoms with Gasteiger partial charge in [0.25, 0.3) is 0 Å². The number of nitrogens with two attached hydrogens (primary N) is 1. The van der Waals surface area contributed by atoms with Gasteiger partial charge >= 0.3 is 5.69 Å². The number of halogens is 1. The predicted octanol–water partition coefficient (Wildman–Crippen LogP) is 0.138. The number of nitrogens with zero attached hydrogens (tertiary/aromatic N) is 2. The Bertz CT molecular complexity index is 440. The normalized spacial score (nSPS) is 14.6. The van der Waals surface area contributed by atoms with Crippen LogP contribution in [0, 0.1) is 5.82 Å². The fraction of sp³-hybridized carbons (Fsp3) is 0.556. The van der Waals surface area contributed by atoms with Crippen LogP contribution in [0.15, 0.2) is 11.0 Å². The molecule has 3 N–H and O–H groups in total. The van der Waals surface area contributed by atoms with Crippen molar-refractivity contribution >= 4 is 18.4 Å². The molecule has 0 bridgehead atoms. The van der Waals surface area contributed by atoms with E-state index in [2.05, 4.69) is 17.6 Å². The van der Waals surface area contributed by atoms with Crippen LogP contribution in [0.5, 0.6) is 0 Å². The molecule has 1 heterocycles. The van der Waals surface area contributed by atoms with Gasteiger partial charge in [-0.05, 0) is 6.42 Å². The highest BCUT2D eigenvalue weighted by Crippen LogP contribution is 2.16. The largest absolute Gasteiger partial charge is 0.393 e. The minimum absolute atomic E-state index is 0.320. The maximum Gasteiger partial charge on any atom is 0.351 e. The number of thiol groups is 1. The average molecular weight is 263 g/mol. The maximum absolute atomic E-state index is 13.2. The quantitative estimate of drug-likeness (QED) is 0.519. The van der Waals surface area contributed by atoms with Crippen molar-refractivity contribution in [2.75, 3.05) is 12.3 Å². The first kappa shape index (κ1) is 13.9. The molecule has 1 aromatic rings. The van der Waals surface area contributed by atoms with Crippen LogP contribution in [0.25, 0.3) is 0 Å². The Morgan fingerprint density at radius 3 is 2.94 bits per heavy atom. The molecule has 2 atom stereocenters. The summed E-state index contributed by atoms with van der Waals surface area (Å²) in [6, 6.07) is 0. The van der Waals surface area contributed by atoms with E-state index in [1.807, 2.05) is 0 Å². The van der Waals surface area contributed by atoms with Crippen LogP contribution in [-0.4, -0.2) is 26.7 Å². The van der Waals surface area contributed by atoms with Crippen molar-refractivity contribution < 1.29 is 14.2 Å². The fourth-order valence-electron chi connectivity index (χ4n) is 1.25. The van der Waals surface area contributed by atoms with E-state index in [4.69, 9.17) is 15.6 Å². The summed E-state index contributed by atoms with van der Waals surface area (Å²) < 4.78 is 19.4. The van der Waals surface area contributed by atoms with Crippen LogP contribution < -0.4 is 11.4 Å². The van der Waals surface area contributed by atoms with Crippen LogP contribution in [0.1, 0.15) is 19.6 Å². The van der Waals surface area contributed by atoms with E-state index in [0.717, 1.165) is 10.8 Å². The molecule has 8 heteroatoms. The van der Waals surface area contributed by atoms with Gasteiger partial charge in [0.15, 0.2) is 11.6 Å². The van der Waals surface area contributed by atoms with Gasteiger partial charge in [-0.1, -0.05) is 6.92 Å². The number of hydrogen-bond donors (Lipinski definition) is 3. The Kier molecular flexibility index (Phi) is 4.91. The second-order valence-corrected chi connectivity index (χ2v) is 3.88. The van der Waals surface area contributed by atoms with Gasteiger partial charge in [-0.25, -0.2) is 9.18 Å². The zero-order valence-electron chi connectivity index (χ0n) is 9.21. The van der Waals surface area contributed by atoms with Gasteiger partial charge in [-0.3, -0.25) is 4.57 Å². The van der Waals surface area contributed by atoms with E-state index in [-0.39, 0.29) is 6.61 Å². The molecule has 6 nitrogen and oxygen atoms in total. The summed E-state index contributed by atoms with van der Waals surface area (Å²) >= 11 is 3.93. The summed E-state index contributed by atoms with van der Waals surface area (Å²) in [5, 5.41) is 8.80. The van der Waals surface area contributed by atoms with E-state index in [0.29, 0.717) is 6.42 Å². The summed E-state index contributed by atoms with van der Waals surface area (Å²) in [5.41, 5.74) is 3.69. The molecule has 0 spiro atoms. The summed E-state index contributed by atoms with van der Waals surface area (Å²) in [5.74, 6) is -1.25. The molecular weight excluding hydrogens is 249 g/mol. The lowest BCUT2D eigenvalue weighted by atomic mass is 10.4. The molecule has 0 amide bonds. The van der Waals surface area contributed by atoms with Crippen LogP contribution in [0.2, 0.25) is 0 Å². The zero-order chi connectivity index (χ0) is 13.0. The lowest BCUT2D eigenvalue weighted by Crippen LogP contribution is -2.31. The first-order valence-electron chi connectivity index (χ1n) is 4.98. The molecule has 17 heavy (non-hydrogen) atoms. The van der Waals surface area contributed by atoms with Crippen molar-refractivity contribution in [3.8, 4) is 0 Å². The highest BCUT2D eigenvalue weighted by Gasteiger charge is 2.17. The average Bonchev–Trinajstić information content (AvgIpc) is 2.30. The number of aliphatic hydroxyl groups excluding tert-OH is 1. The van der Waals surface area contributed by atoms with Crippen LogP contribution in [0.4, 0.5) is 10.2 Å². The summed E-state index contributed by atoms with van der Waals surface area (Å²) in [6.45, 7) is 1.42. The summed E-state index contributed by atoms with van der Waals surface area (Å²) in [7, 11) is 0. The van der Waals surface area contributed by atoms with Crippen LogP contribution in [-0.2, 0) is 4.74 Å². The molecular formula is C9H14FN3O3S. The predicted molar refractivity (Wildman–Crippen MR) is 63.1 cm³/mol. The maximum atomic E-state index is 13.2. The third-order valence-corrected chi connectivity index (χ3v) is 2.35. The monoisotopic (exact) mass is 263 g/mol. The Morgan fingerprint density at radius 2 is 2.41 bits per heavy atom. The highest BCUT2D eigenvalue weighted by molar-refractivity contribution is 7.80. The molecule has 1 aromatic heterocycles. The Balaban J connectivity index is 3.04. The number of rotatable bonds is 5. The van der Waals surface area contributed by atoms with Gasteiger partial charge in [0.1, 0.15) is 11.7 Å². The van der Waals surface area contributed by atoms with Gasteiger partial charge in [0.2, 0.25) is 0 Å². The van der Waals surface area contributed by atoms with E-state index < -0.39 is 29.0 Å². The van der Waals surface area contributed by atoms with Gasteiger partial charge in [-0.2, -0.15) is 4.98 Å². The lowest BCUT2D eigenvalue weighted by Gasteiger charge is -2.21. The van der Waals surface area contributed by atoms with Crippen molar-refractivity contribution in [2.45, 2.75) is 25.0 Å². The van der Waals surface area contributed by atoms with Crippen molar-refractivity contribution in [1.82, 2.24) is 9.55 Å². The molecule has 0 fully saturated rings. The molecule has 0 aliphatic rings. The zero-order valence-corrected chi connectivity index (χ0v) is 10.1. The molecule has 0 aliphatic heterocycles. The topological polar surface area (TPSA) is 90.4 Å². The third kappa shape index (κ3) is 3.42. The van der Waals surface area contributed by atoms with Crippen LogP contribution in [0.3, 0.4) is 0 Å². The van der Waals surface area contributed by atoms with Crippen LogP contribution >= 0.6 is 12.6 Å². The molecule has 0 aromatic carbocycles. The number of aliphatic hydroxyl groups is 1. The van der Waals surface area contributed by atoms with Gasteiger partial charge < -0.3 is 15.6 Å². The second-order valence-electron chi connectivity index (χ2n) is 3.30. The first-order valence-corrected chi connectivity index (χ1v) is 5.49. The summed E-state index contributed by atoms with van der Waals surface area (Å²) in [6.07, 6.45) is 0.568. The molecule has 0 saturated heterocycles. The summed E-state index contributed by atoms with van der Waals surface area (Å²) in [4.78, 5) is 14.8. The van der Waals surface area contributed by atoms with E-state index in [9.17, 15) is 9.18 Å². The van der Waals surface area contributed by atoms with E-state index >= 15 is 0 Å². The molecule has 0 aliphatic carbocycles. The first-order chi connectivity index (χ1) is 7.99. The number of aromatic nitrogens is 2. The molecule has 0 radical (unpaired) electrons. The SMILES string of the molecule is CCC(O[C@@H](S)CO)n1cc(F)c(N)nc1=O. The number of ether oxygens (including phenoxy) is 1. The number of hydrogen-bond acceptors (Lipinski definition) is 6. The van der Waals surface area contributed by atoms with Crippen molar-refractivity contribution in [3.63, 3.8) is 0 Å². The van der Waals surface area contributed by atoms with E-state index in [1.54, 1.807) is 6.92 Å². The Labute approximate surface area is 103 Å². The number of nitrogen functional groups attached to an aromatic ring is 1. The molecule has 1 rings (SSSR count). The fourth-order valence-corrected chi connectivity index (χ4v) is 1.39. The highest BCUT2D eigenvalue weighted by atomic mass is 32.1. The van der Waals surface area contributed by atoms with Crippen molar-refractivity contribution in [1.29, 1.82) is 0 Å². The second kappa shape index (κ2) is 5.99. The number of anilines is 1. The molecule has 0 saturated carbocycles. The van der Waals surface area contributed by atoms with E-state index in [1.165, 1.54) is 0 Å². The third-order valence-electron chi connectivity index (χ3n) is 2.06. The smallest absolute Gasteiger partial charge is 0.351 e. The van der Waals surface area contributed by atoms with Gasteiger partial charge in [-0.15, -0.1) is 12.6 Å². The Morgan fingerprint density at radius 1 is 1.76 bits per heavy atom. The minimum Gasteiger partial charge on any atom is -0.393 e. The Hall–Kier alpha value is -1.12. The molecule has 96 valence electrons. The standard InChI is InChI=1S/C9H14FN3O3S/c1-2-6(16-7(17)4-14)13-3-5(10)8(11)12-9(13)15/h3,6-7,14,17H,2,4H2,1H3,(H2,11,12,15)/t6?,7-/m0/s1. The minimum atomic E-state index is -0.800. The van der Waals surface area contributed by atoms with Gasteiger partial charge in [0.05, 0.1) is 12.8 Å². The van der Waals surface area contributed by atoms with Crippen molar-refractivity contribution in [3.05, 3.63) is 22.5 Å². The molecule has 1 unspecified atom stereocenters. The van der Waals surface area contributed by atoms with Crippen molar-refractivity contribution in [2.24, 2.45) is 0 Å². The van der Waals surface area contributed by atoms with Gasteiger partial charge in [0, 0.05) is 0 Å².